The minimum Gasteiger partial charge on any atom is -0.511 e. The lowest BCUT2D eigenvalue weighted by atomic mass is 9.76. The van der Waals surface area contributed by atoms with Gasteiger partial charge in [0.2, 0.25) is 0 Å². The van der Waals surface area contributed by atoms with Gasteiger partial charge in [0, 0.05) is 32.1 Å². The molecule has 1 aromatic carbocycles. The highest BCUT2D eigenvalue weighted by Crippen LogP contribution is 2.36. The van der Waals surface area contributed by atoms with Crippen molar-refractivity contribution in [2.45, 2.75) is 65.7 Å². The van der Waals surface area contributed by atoms with Crippen LogP contribution in [0.25, 0.3) is 0 Å². The van der Waals surface area contributed by atoms with Crippen LogP contribution < -0.4 is 0 Å². The van der Waals surface area contributed by atoms with Crippen molar-refractivity contribution >= 4 is 23.0 Å². The zero-order chi connectivity index (χ0) is 22.2. The molecule has 4 rings (SSSR count). The zero-order valence-corrected chi connectivity index (χ0v) is 18.3. The van der Waals surface area contributed by atoms with Crippen LogP contribution in [0.1, 0.15) is 73.3 Å². The molecule has 0 atom stereocenters. The maximum Gasteiger partial charge on any atom is 0.168 e. The standard InChI is InChI=1S/C25H28N2O4/c1-15-7-4-5-8-16(15)26-17-9-6-10-19(28)23(17)20(29)12-11-18-24-21(30)13-25(2,3)14-22(24)31-27-18/h4-5,7-8,29H,6,9-14H2,1-3H3. The first-order valence-corrected chi connectivity index (χ1v) is 10.8. The largest absolute Gasteiger partial charge is 0.511 e. The molecule has 0 aliphatic heterocycles. The summed E-state index contributed by atoms with van der Waals surface area (Å²) >= 11 is 0. The maximum absolute atomic E-state index is 12.7. The molecule has 0 radical (unpaired) electrons. The molecule has 2 aromatic rings. The van der Waals surface area contributed by atoms with Crippen LogP contribution >= 0.6 is 0 Å². The number of benzene rings is 1. The van der Waals surface area contributed by atoms with Gasteiger partial charge in [0.25, 0.3) is 0 Å². The average Bonchev–Trinajstić information content (AvgIpc) is 3.10. The Hall–Kier alpha value is -3.02. The third-order valence-corrected chi connectivity index (χ3v) is 6.03. The molecule has 0 unspecified atom stereocenters. The van der Waals surface area contributed by atoms with Crippen molar-refractivity contribution in [3.63, 3.8) is 0 Å². The minimum absolute atomic E-state index is 0.0115. The number of ketones is 2. The molecule has 162 valence electrons. The number of allylic oxidation sites excluding steroid dienone is 2. The molecule has 2 aliphatic carbocycles. The average molecular weight is 421 g/mol. The molecule has 6 heteroatoms. The number of aliphatic hydroxyl groups excluding tert-OH is 1. The number of hydrogen-bond donors (Lipinski definition) is 1. The van der Waals surface area contributed by atoms with Crippen molar-refractivity contribution in [3.8, 4) is 0 Å². The van der Waals surface area contributed by atoms with E-state index in [1.807, 2.05) is 45.0 Å². The lowest BCUT2D eigenvalue weighted by molar-refractivity contribution is -0.115. The van der Waals surface area contributed by atoms with Crippen LogP contribution in [0.15, 0.2) is 45.1 Å². The van der Waals surface area contributed by atoms with Crippen molar-refractivity contribution < 1.29 is 19.2 Å². The molecule has 1 fully saturated rings. The van der Waals surface area contributed by atoms with Crippen molar-refractivity contribution in [1.29, 1.82) is 0 Å². The van der Waals surface area contributed by atoms with Crippen molar-refractivity contribution in [3.05, 3.63) is 58.2 Å². The predicted molar refractivity (Wildman–Crippen MR) is 118 cm³/mol. The fourth-order valence-electron chi connectivity index (χ4n) is 4.45. The van der Waals surface area contributed by atoms with Gasteiger partial charge < -0.3 is 9.63 Å². The first kappa shape index (κ1) is 21.2. The Labute approximate surface area is 182 Å². The number of aliphatic hydroxyl groups is 1. The summed E-state index contributed by atoms with van der Waals surface area (Å²) in [7, 11) is 0. The molecule has 1 heterocycles. The summed E-state index contributed by atoms with van der Waals surface area (Å²) in [6.45, 7) is 6.05. The number of aliphatic imine (C=N–C) groups is 1. The Morgan fingerprint density at radius 2 is 1.94 bits per heavy atom. The summed E-state index contributed by atoms with van der Waals surface area (Å²) in [6.07, 6.45) is 3.44. The summed E-state index contributed by atoms with van der Waals surface area (Å²) in [6, 6.07) is 7.73. The Kier molecular flexibility index (Phi) is 5.65. The van der Waals surface area contributed by atoms with E-state index in [4.69, 9.17) is 9.52 Å². The van der Waals surface area contributed by atoms with Crippen LogP contribution in [0.4, 0.5) is 5.69 Å². The van der Waals surface area contributed by atoms with E-state index in [0.717, 1.165) is 17.7 Å². The number of carbonyl (C=O) groups is 2. The summed E-state index contributed by atoms with van der Waals surface area (Å²) in [5.74, 6) is 0.581. The molecular weight excluding hydrogens is 392 g/mol. The van der Waals surface area contributed by atoms with E-state index in [9.17, 15) is 14.7 Å². The number of fused-ring (bicyclic) bond motifs is 1. The lowest BCUT2D eigenvalue weighted by Crippen LogP contribution is -2.26. The summed E-state index contributed by atoms with van der Waals surface area (Å²) in [4.78, 5) is 30.0. The van der Waals surface area contributed by atoms with E-state index in [1.54, 1.807) is 0 Å². The molecule has 2 aliphatic rings. The second kappa shape index (κ2) is 8.25. The number of rotatable bonds is 4. The summed E-state index contributed by atoms with van der Waals surface area (Å²) in [5, 5.41) is 15.0. The number of aromatic nitrogens is 1. The van der Waals surface area contributed by atoms with Gasteiger partial charge in [0.05, 0.1) is 28.2 Å². The van der Waals surface area contributed by atoms with Gasteiger partial charge in [-0.15, -0.1) is 0 Å². The molecule has 1 N–H and O–H groups in total. The van der Waals surface area contributed by atoms with E-state index in [2.05, 4.69) is 5.16 Å². The summed E-state index contributed by atoms with van der Waals surface area (Å²) in [5.41, 5.74) is 3.74. The van der Waals surface area contributed by atoms with Gasteiger partial charge in [-0.2, -0.15) is 0 Å². The normalized spacial score (nSPS) is 21.3. The van der Waals surface area contributed by atoms with E-state index < -0.39 is 0 Å². The number of para-hydroxylation sites is 1. The molecule has 1 saturated carbocycles. The number of Topliss-reactive ketones (excluding diaryl/α,β-unsaturated/α-hetero) is 2. The van der Waals surface area contributed by atoms with Crippen molar-refractivity contribution in [2.75, 3.05) is 0 Å². The van der Waals surface area contributed by atoms with Gasteiger partial charge in [0.1, 0.15) is 11.5 Å². The third-order valence-electron chi connectivity index (χ3n) is 6.03. The summed E-state index contributed by atoms with van der Waals surface area (Å²) < 4.78 is 5.45. The van der Waals surface area contributed by atoms with Gasteiger partial charge >= 0.3 is 0 Å². The van der Waals surface area contributed by atoms with E-state index >= 15 is 0 Å². The topological polar surface area (TPSA) is 92.8 Å². The third kappa shape index (κ3) is 4.38. The van der Waals surface area contributed by atoms with Crippen LogP contribution in [0, 0.1) is 12.3 Å². The Morgan fingerprint density at radius 1 is 1.16 bits per heavy atom. The number of nitrogens with zero attached hydrogens (tertiary/aromatic N) is 2. The molecule has 0 amide bonds. The molecular formula is C25H28N2O4. The quantitative estimate of drug-likeness (QED) is 0.527. The highest BCUT2D eigenvalue weighted by Gasteiger charge is 2.36. The van der Waals surface area contributed by atoms with Gasteiger partial charge in [-0.3, -0.25) is 14.6 Å². The molecule has 31 heavy (non-hydrogen) atoms. The predicted octanol–water partition coefficient (Wildman–Crippen LogP) is 5.41. The Morgan fingerprint density at radius 3 is 2.71 bits per heavy atom. The fourth-order valence-corrected chi connectivity index (χ4v) is 4.45. The van der Waals surface area contributed by atoms with E-state index in [0.29, 0.717) is 60.4 Å². The Bertz CT molecular complexity index is 1100. The van der Waals surface area contributed by atoms with Crippen LogP contribution in [0.5, 0.6) is 0 Å². The van der Waals surface area contributed by atoms with Crippen LogP contribution in [-0.2, 0) is 17.6 Å². The van der Waals surface area contributed by atoms with Gasteiger partial charge in [-0.05, 0) is 36.8 Å². The van der Waals surface area contributed by atoms with Gasteiger partial charge in [-0.1, -0.05) is 37.2 Å². The number of carbonyl (C=O) groups excluding carboxylic acids is 2. The van der Waals surface area contributed by atoms with Crippen LogP contribution in [-0.4, -0.2) is 27.5 Å². The van der Waals surface area contributed by atoms with Crippen LogP contribution in [0.3, 0.4) is 0 Å². The number of hydrogen-bond acceptors (Lipinski definition) is 6. The zero-order valence-electron chi connectivity index (χ0n) is 18.3. The molecule has 0 spiro atoms. The highest BCUT2D eigenvalue weighted by molar-refractivity contribution is 6.24. The van der Waals surface area contributed by atoms with Gasteiger partial charge in [0.15, 0.2) is 11.6 Å². The van der Waals surface area contributed by atoms with Crippen LogP contribution in [0.2, 0.25) is 0 Å². The lowest BCUT2D eigenvalue weighted by Gasteiger charge is -2.26. The minimum atomic E-state index is -0.138. The van der Waals surface area contributed by atoms with Crippen molar-refractivity contribution in [1.82, 2.24) is 5.16 Å². The monoisotopic (exact) mass is 420 g/mol. The fraction of sp³-hybridized carbons (Fsp3) is 0.440. The highest BCUT2D eigenvalue weighted by atomic mass is 16.5. The molecule has 6 nitrogen and oxygen atoms in total. The molecule has 0 bridgehead atoms. The molecule has 0 saturated heterocycles. The Balaban J connectivity index is 1.60. The second-order valence-corrected chi connectivity index (χ2v) is 9.31. The smallest absolute Gasteiger partial charge is 0.168 e. The van der Waals surface area contributed by atoms with Gasteiger partial charge in [-0.25, -0.2) is 0 Å². The van der Waals surface area contributed by atoms with E-state index in [1.165, 1.54) is 0 Å². The molecule has 1 aromatic heterocycles. The maximum atomic E-state index is 12.7. The SMILES string of the molecule is Cc1ccccc1N=C1CCCC(=O)C1=C(O)CCc1noc2c1C(=O)CC(C)(C)C2. The number of aryl methyl sites for hydroxylation is 2. The first-order chi connectivity index (χ1) is 14.7. The first-order valence-electron chi connectivity index (χ1n) is 10.8. The second-order valence-electron chi connectivity index (χ2n) is 9.31. The van der Waals surface area contributed by atoms with Crippen molar-refractivity contribution in [2.24, 2.45) is 10.4 Å². The van der Waals surface area contributed by atoms with E-state index in [-0.39, 0.29) is 29.2 Å².